The summed E-state index contributed by atoms with van der Waals surface area (Å²) in [5.74, 6) is -0.639. The Balaban J connectivity index is 6.96. The minimum absolute atomic E-state index is 0.0390. The molecule has 0 N–H and O–H groups in total. The van der Waals surface area contributed by atoms with Gasteiger partial charge in [-0.05, 0) is 75.3 Å². The smallest absolute Gasteiger partial charge is 0.309 e. The van der Waals surface area contributed by atoms with E-state index >= 15 is 4.79 Å². The predicted molar refractivity (Wildman–Crippen MR) is 209 cm³/mol. The van der Waals surface area contributed by atoms with Gasteiger partial charge in [-0.25, -0.2) is 0 Å². The summed E-state index contributed by atoms with van der Waals surface area (Å²) in [6.45, 7) is 30.3. The second-order valence-corrected chi connectivity index (χ2v) is 24.0. The molecule has 0 aliphatic heterocycles. The molecule has 0 aliphatic carbocycles. The average molecular weight is 728 g/mol. The summed E-state index contributed by atoms with van der Waals surface area (Å²) < 4.78 is 20.0. The van der Waals surface area contributed by atoms with E-state index in [4.69, 9.17) is 25.2 Å². The van der Waals surface area contributed by atoms with E-state index in [-0.39, 0.29) is 30.0 Å². The molecule has 0 aromatic carbocycles. The molecule has 0 fully saturated rings. The first-order valence-corrected chi connectivity index (χ1v) is 24.2. The van der Waals surface area contributed by atoms with Crippen LogP contribution in [0, 0.1) is 17.3 Å². The van der Waals surface area contributed by atoms with Crippen LogP contribution in [0.1, 0.15) is 115 Å². The van der Waals surface area contributed by atoms with E-state index in [1.54, 1.807) is 6.08 Å². The minimum Gasteiger partial charge on any atom is -0.454 e. The second kappa shape index (κ2) is 23.2. The van der Waals surface area contributed by atoms with Gasteiger partial charge in [0.15, 0.2) is 28.5 Å². The Kier molecular flexibility index (Phi) is 22.6. The summed E-state index contributed by atoms with van der Waals surface area (Å²) in [6, 6.07) is 5.53. The first kappa shape index (κ1) is 46.7. The van der Waals surface area contributed by atoms with E-state index in [2.05, 4.69) is 61.6 Å². The van der Waals surface area contributed by atoms with Crippen LogP contribution in [0.3, 0.4) is 0 Å². The van der Waals surface area contributed by atoms with Gasteiger partial charge in [0.2, 0.25) is 0 Å². The minimum atomic E-state index is -2.29. The average Bonchev–Trinajstić information content (AvgIpc) is 3.07. The molecule has 0 aliphatic rings. The monoisotopic (exact) mass is 726 g/mol. The molecule has 6 nitrogen and oxygen atoms in total. The summed E-state index contributed by atoms with van der Waals surface area (Å²) in [6.07, 6.45) is 6.80. The fourth-order valence-corrected chi connectivity index (χ4v) is 12.7. The van der Waals surface area contributed by atoms with Crippen molar-refractivity contribution in [1.29, 1.82) is 0 Å². The summed E-state index contributed by atoms with van der Waals surface area (Å²) in [5.41, 5.74) is 0.0169. The third kappa shape index (κ3) is 14.1. The Labute approximate surface area is 302 Å². The Morgan fingerprint density at radius 2 is 1.38 bits per heavy atom. The zero-order valence-corrected chi connectivity index (χ0v) is 35.3. The molecule has 0 heterocycles. The second-order valence-electron chi connectivity index (χ2n) is 14.2. The lowest BCUT2D eigenvalue weighted by Gasteiger charge is -2.44. The fraction of sp³-hybridized carbons (Fsp3) is 0.769. The Morgan fingerprint density at radius 1 is 0.854 bits per heavy atom. The number of esters is 1. The van der Waals surface area contributed by atoms with Crippen molar-refractivity contribution >= 4 is 45.8 Å². The molecule has 48 heavy (non-hydrogen) atoms. The van der Waals surface area contributed by atoms with Gasteiger partial charge in [0.1, 0.15) is 5.78 Å². The van der Waals surface area contributed by atoms with Gasteiger partial charge in [-0.15, -0.1) is 24.8 Å². The Morgan fingerprint density at radius 3 is 1.81 bits per heavy atom. The first-order valence-electron chi connectivity index (χ1n) is 18.6. The summed E-state index contributed by atoms with van der Waals surface area (Å²) in [7, 11) is -4.39. The topological polar surface area (TPSA) is 78.9 Å². The van der Waals surface area contributed by atoms with Crippen LogP contribution in [0.4, 0.5) is 0 Å². The van der Waals surface area contributed by atoms with Crippen LogP contribution in [-0.4, -0.2) is 58.4 Å². The third-order valence-electron chi connectivity index (χ3n) is 10.8. The van der Waals surface area contributed by atoms with E-state index in [0.29, 0.717) is 25.1 Å². The zero-order valence-electron chi connectivity index (χ0n) is 32.6. The number of rotatable bonds is 28. The number of Topliss-reactive ketones (excluding diaryl/α,β-unsaturated/α-hetero) is 2. The summed E-state index contributed by atoms with van der Waals surface area (Å²) in [5, 5.41) is 0. The van der Waals surface area contributed by atoms with E-state index in [0.717, 1.165) is 54.7 Å². The highest BCUT2D eigenvalue weighted by Gasteiger charge is 2.49. The van der Waals surface area contributed by atoms with E-state index in [9.17, 15) is 9.59 Å². The van der Waals surface area contributed by atoms with Gasteiger partial charge < -0.3 is 13.6 Å². The molecular weight excluding hydrogens is 656 g/mol. The molecule has 0 saturated heterocycles. The van der Waals surface area contributed by atoms with Crippen LogP contribution in [0.15, 0.2) is 37.0 Å². The van der Waals surface area contributed by atoms with Crippen molar-refractivity contribution in [2.75, 3.05) is 5.88 Å². The highest BCUT2D eigenvalue weighted by molar-refractivity contribution is 6.74. The van der Waals surface area contributed by atoms with Crippen LogP contribution in [0.5, 0.6) is 0 Å². The third-order valence-corrected chi connectivity index (χ3v) is 20.4. The molecule has 0 aromatic rings. The van der Waals surface area contributed by atoms with Crippen molar-refractivity contribution in [2.24, 2.45) is 17.3 Å². The van der Waals surface area contributed by atoms with Crippen LogP contribution < -0.4 is 0 Å². The number of ketones is 2. The molecule has 0 amide bonds. The van der Waals surface area contributed by atoms with E-state index in [1.165, 1.54) is 6.92 Å². The Bertz CT molecular complexity index is 1020. The number of ether oxygens (including phenoxy) is 1. The van der Waals surface area contributed by atoms with Gasteiger partial charge in [-0.2, -0.15) is 0 Å². The Hall–Kier alpha value is -1.33. The van der Waals surface area contributed by atoms with Crippen LogP contribution in [0.2, 0.25) is 36.3 Å². The van der Waals surface area contributed by atoms with Crippen molar-refractivity contribution < 1.29 is 28.0 Å². The maximum Gasteiger partial charge on any atom is 0.309 e. The number of unbranched alkanes of at least 4 members (excludes halogenated alkanes) is 1. The molecule has 0 bridgehead atoms. The highest BCUT2D eigenvalue weighted by atomic mass is 35.5. The largest absolute Gasteiger partial charge is 0.454 e. The molecule has 5 atom stereocenters. The highest BCUT2D eigenvalue weighted by Crippen LogP contribution is 2.40. The molecule has 0 radical (unpaired) electrons. The van der Waals surface area contributed by atoms with Gasteiger partial charge in [0, 0.05) is 23.6 Å². The normalized spacial score (nSPS) is 16.0. The van der Waals surface area contributed by atoms with Gasteiger partial charge in [-0.1, -0.05) is 92.5 Å². The molecule has 278 valence electrons. The maximum absolute atomic E-state index is 15.1. The van der Waals surface area contributed by atoms with Crippen molar-refractivity contribution in [3.63, 3.8) is 0 Å². The van der Waals surface area contributed by atoms with Crippen LogP contribution in [0.25, 0.3) is 0 Å². The zero-order chi connectivity index (χ0) is 37.1. The van der Waals surface area contributed by atoms with Gasteiger partial charge in [0.25, 0.3) is 0 Å². The van der Waals surface area contributed by atoms with Crippen molar-refractivity contribution in [3.05, 3.63) is 37.0 Å². The summed E-state index contributed by atoms with van der Waals surface area (Å²) in [4.78, 5) is 41.3. The van der Waals surface area contributed by atoms with Gasteiger partial charge >= 0.3 is 5.97 Å². The maximum atomic E-state index is 15.1. The molecule has 2 unspecified atom stereocenters. The number of carbonyl (C=O) groups excluding carboxylic acids is 3. The SMILES string of the molecule is C=CC/C(C)=C\C[C@H](OC(=O)CC(O[Si](CC)(CC)CC)C(C)(C)C(=O)[C@H](CCCCCl)C(O[Si](CC)(CC)CC)[C@@H](C)C=C)C(C)=O. The van der Waals surface area contributed by atoms with Gasteiger partial charge in [-0.3, -0.25) is 14.4 Å². The number of alkyl halides is 1. The molecule has 0 spiro atoms. The lowest BCUT2D eigenvalue weighted by Crippen LogP contribution is -2.53. The first-order chi connectivity index (χ1) is 22.6. The molecule has 0 rings (SSSR count). The van der Waals surface area contributed by atoms with Gasteiger partial charge in [0.05, 0.1) is 18.6 Å². The van der Waals surface area contributed by atoms with E-state index in [1.807, 2.05) is 32.9 Å². The van der Waals surface area contributed by atoms with E-state index < -0.39 is 46.1 Å². The quantitative estimate of drug-likeness (QED) is 0.0262. The number of allylic oxidation sites excluding steroid dienone is 2. The fourth-order valence-electron chi connectivity index (χ4n) is 6.54. The lowest BCUT2D eigenvalue weighted by atomic mass is 9.71. The lowest BCUT2D eigenvalue weighted by molar-refractivity contribution is -0.158. The standard InChI is InChI=1S/C39H71ClO6Si2/c1-14-24-30(9)26-27-34(32(11)41)44-36(42)29-35(45-47(16-3,17-4)18-5)39(12,13)38(43)33(25-22-23-28-40)37(31(10)15-2)46-48(19-6,20-7)21-8/h14-15,26,31,33-35,37H,1-2,16-25,27-29H2,3-13H3/b30-26-/t31-,33+,34-,35?,37?/m0/s1. The van der Waals surface area contributed by atoms with Crippen molar-refractivity contribution in [3.8, 4) is 0 Å². The molecule has 0 aromatic heterocycles. The summed E-state index contributed by atoms with van der Waals surface area (Å²) >= 11 is 6.12. The van der Waals surface area contributed by atoms with Crippen LogP contribution >= 0.6 is 11.6 Å². The molecular formula is C39H71ClO6Si2. The number of carbonyl (C=O) groups is 3. The number of hydrogen-bond acceptors (Lipinski definition) is 6. The van der Waals surface area contributed by atoms with Crippen molar-refractivity contribution in [2.45, 2.75) is 169 Å². The van der Waals surface area contributed by atoms with Crippen molar-refractivity contribution in [1.82, 2.24) is 0 Å². The number of hydrogen-bond donors (Lipinski definition) is 0. The van der Waals surface area contributed by atoms with Crippen LogP contribution in [-0.2, 0) is 28.0 Å². The molecule has 9 heteroatoms. The predicted octanol–water partition coefficient (Wildman–Crippen LogP) is 11.0. The molecule has 0 saturated carbocycles. The number of halogens is 1.